The van der Waals surface area contributed by atoms with Crippen LogP contribution in [0.4, 0.5) is 0 Å². The molecule has 2 fully saturated rings. The van der Waals surface area contributed by atoms with E-state index in [1.54, 1.807) is 0 Å². The molecule has 1 saturated heterocycles. The van der Waals surface area contributed by atoms with Crippen LogP contribution >= 0.6 is 0 Å². The molecule has 0 unspecified atom stereocenters. The monoisotopic (exact) mass is 224 g/mol. The van der Waals surface area contributed by atoms with Gasteiger partial charge in [-0.3, -0.25) is 9.69 Å². The fraction of sp³-hybridized carbons (Fsp3) is 0.917. The summed E-state index contributed by atoms with van der Waals surface area (Å²) in [6, 6.07) is 1.12. The second-order valence-electron chi connectivity index (χ2n) is 5.09. The minimum Gasteiger partial charge on any atom is -0.345 e. The van der Waals surface area contributed by atoms with Crippen molar-refractivity contribution in [3.05, 3.63) is 0 Å². The minimum atomic E-state index is 0.376. The van der Waals surface area contributed by atoms with Crippen molar-refractivity contribution in [2.24, 2.45) is 0 Å². The number of hydrogen-bond acceptors (Lipinski definition) is 3. The Hall–Kier alpha value is -0.610. The van der Waals surface area contributed by atoms with Gasteiger partial charge in [0.05, 0.1) is 0 Å². The number of rotatable bonds is 3. The Morgan fingerprint density at radius 3 is 2.25 bits per heavy atom. The normalized spacial score (nSPS) is 33.6. The van der Waals surface area contributed by atoms with Gasteiger partial charge >= 0.3 is 6.41 Å². The Bertz CT molecular complexity index is 218. The Balaban J connectivity index is 1.74. The highest BCUT2D eigenvalue weighted by atomic mass is 16.1. The zero-order valence-electron chi connectivity index (χ0n) is 10.1. The number of hydrogen-bond donors (Lipinski definition) is 1. The largest absolute Gasteiger partial charge is 0.345 e. The Morgan fingerprint density at radius 1 is 1.06 bits per heavy atom. The van der Waals surface area contributed by atoms with Crippen LogP contribution in [0.25, 0.3) is 0 Å². The Kier molecular flexibility index (Phi) is 4.18. The maximum atomic E-state index is 10.2. The van der Waals surface area contributed by atoms with E-state index in [0.29, 0.717) is 6.04 Å². The van der Waals surface area contributed by atoms with Gasteiger partial charge in [0, 0.05) is 38.3 Å². The molecule has 0 atom stereocenters. The van der Waals surface area contributed by atoms with Crippen LogP contribution in [0.1, 0.15) is 25.7 Å². The van der Waals surface area contributed by atoms with E-state index in [9.17, 15) is 4.79 Å². The van der Waals surface area contributed by atoms with Gasteiger partial charge in [-0.2, -0.15) is 0 Å². The topological polar surface area (TPSA) is 35.6 Å². The van der Waals surface area contributed by atoms with Crippen molar-refractivity contribution in [1.82, 2.24) is 15.1 Å². The quantitative estimate of drug-likeness (QED) is 0.696. The van der Waals surface area contributed by atoms with Crippen LogP contribution in [0.2, 0.25) is 0 Å². The van der Waals surface area contributed by atoms with Crippen LogP contribution in [0, 0.1) is 0 Å². The molecule has 0 aromatic carbocycles. The summed E-state index contributed by atoms with van der Waals surface area (Å²) >= 11 is 0. The van der Waals surface area contributed by atoms with Gasteiger partial charge in [0.1, 0.15) is 0 Å². The summed E-state index contributed by atoms with van der Waals surface area (Å²) in [7, 11) is 2.19. The average molecular weight is 224 g/mol. The summed E-state index contributed by atoms with van der Waals surface area (Å²) in [4.78, 5) is 15.3. The average Bonchev–Trinajstić information content (AvgIpc) is 2.32. The van der Waals surface area contributed by atoms with Crippen LogP contribution < -0.4 is 5.32 Å². The minimum absolute atomic E-state index is 0.376. The molecule has 0 spiro atoms. The number of nitrogens with one attached hydrogen (secondary N) is 1. The van der Waals surface area contributed by atoms with Crippen molar-refractivity contribution in [1.29, 1.82) is 0 Å². The number of piperazine rings is 1. The maximum Gasteiger partial charge on any atom is 0.309 e. The lowest BCUT2D eigenvalue weighted by Crippen LogP contribution is -2.50. The van der Waals surface area contributed by atoms with Gasteiger partial charge in [-0.05, 0) is 32.7 Å². The molecule has 1 amide bonds. The molecule has 1 aliphatic carbocycles. The van der Waals surface area contributed by atoms with Crippen molar-refractivity contribution in [2.75, 3.05) is 33.2 Å². The second-order valence-corrected chi connectivity index (χ2v) is 5.09. The van der Waals surface area contributed by atoms with Crippen LogP contribution in [-0.4, -0.2) is 61.5 Å². The van der Waals surface area contributed by atoms with E-state index >= 15 is 0 Å². The summed E-state index contributed by atoms with van der Waals surface area (Å²) < 4.78 is 0. The van der Waals surface area contributed by atoms with Crippen LogP contribution in [-0.2, 0) is 4.79 Å². The molecular formula is C12H22N3O. The molecule has 1 saturated carbocycles. The molecule has 1 radical (unpaired) electrons. The maximum absolute atomic E-state index is 10.2. The van der Waals surface area contributed by atoms with Gasteiger partial charge in [0.25, 0.3) is 0 Å². The SMILES string of the molecule is CN1CCN(C2CCC(N[C]=O)CC2)CC1. The standard InChI is InChI=1S/C12H22N3O/c1-14-6-8-15(9-7-14)12-4-2-11(3-5-12)13-10-16/h11-12H,2-9H2,1H3,(H,13,16). The lowest BCUT2D eigenvalue weighted by Gasteiger charge is -2.41. The fourth-order valence-corrected chi connectivity index (χ4v) is 2.86. The molecule has 1 heterocycles. The molecule has 0 aromatic rings. The van der Waals surface area contributed by atoms with Crippen molar-refractivity contribution in [3.63, 3.8) is 0 Å². The smallest absolute Gasteiger partial charge is 0.309 e. The molecule has 2 aliphatic rings. The fourth-order valence-electron chi connectivity index (χ4n) is 2.86. The van der Waals surface area contributed by atoms with Gasteiger partial charge in [0.15, 0.2) is 0 Å². The van der Waals surface area contributed by atoms with Gasteiger partial charge in [-0.1, -0.05) is 0 Å². The molecule has 0 aromatic heterocycles. The number of carbonyl (C=O) groups excluding carboxylic acids is 1. The van der Waals surface area contributed by atoms with Crippen LogP contribution in [0.15, 0.2) is 0 Å². The summed E-state index contributed by atoms with van der Waals surface area (Å²) in [5.41, 5.74) is 0. The summed E-state index contributed by atoms with van der Waals surface area (Å²) in [5, 5.41) is 2.78. The predicted molar refractivity (Wildman–Crippen MR) is 63.9 cm³/mol. The number of likely N-dealkylation sites (N-methyl/N-ethyl adjacent to an activating group) is 1. The second kappa shape index (κ2) is 5.64. The molecule has 1 N–H and O–H groups in total. The molecule has 16 heavy (non-hydrogen) atoms. The highest BCUT2D eigenvalue weighted by Crippen LogP contribution is 2.23. The van der Waals surface area contributed by atoms with Crippen molar-refractivity contribution in [2.45, 2.75) is 37.8 Å². The molecular weight excluding hydrogens is 202 g/mol. The van der Waals surface area contributed by atoms with Gasteiger partial charge in [-0.15, -0.1) is 0 Å². The van der Waals surface area contributed by atoms with E-state index in [4.69, 9.17) is 0 Å². The van der Waals surface area contributed by atoms with Crippen LogP contribution in [0.5, 0.6) is 0 Å². The molecule has 91 valence electrons. The zero-order valence-corrected chi connectivity index (χ0v) is 10.1. The first-order valence-electron chi connectivity index (χ1n) is 6.35. The first kappa shape index (κ1) is 11.9. The van der Waals surface area contributed by atoms with E-state index in [1.165, 1.54) is 39.0 Å². The summed E-state index contributed by atoms with van der Waals surface area (Å²) in [6.07, 6.45) is 6.50. The van der Waals surface area contributed by atoms with Gasteiger partial charge < -0.3 is 10.2 Å². The molecule has 2 rings (SSSR count). The Morgan fingerprint density at radius 2 is 1.69 bits per heavy atom. The lowest BCUT2D eigenvalue weighted by molar-refractivity contribution is 0.0868. The molecule has 4 heteroatoms. The summed E-state index contributed by atoms with van der Waals surface area (Å²) in [5.74, 6) is 0. The van der Waals surface area contributed by atoms with Gasteiger partial charge in [-0.25, -0.2) is 0 Å². The van der Waals surface area contributed by atoms with E-state index in [0.717, 1.165) is 18.9 Å². The van der Waals surface area contributed by atoms with Crippen molar-refractivity contribution in [3.8, 4) is 0 Å². The van der Waals surface area contributed by atoms with E-state index < -0.39 is 0 Å². The van der Waals surface area contributed by atoms with Crippen LogP contribution in [0.3, 0.4) is 0 Å². The molecule has 0 bridgehead atoms. The number of amides is 1. The zero-order chi connectivity index (χ0) is 11.4. The third kappa shape index (κ3) is 2.95. The Labute approximate surface area is 98.0 Å². The lowest BCUT2D eigenvalue weighted by atomic mass is 9.90. The van der Waals surface area contributed by atoms with Crippen molar-refractivity contribution < 1.29 is 4.79 Å². The summed E-state index contributed by atoms with van der Waals surface area (Å²) in [6.45, 7) is 4.80. The first-order valence-corrected chi connectivity index (χ1v) is 6.35. The molecule has 4 nitrogen and oxygen atoms in total. The van der Waals surface area contributed by atoms with E-state index in [2.05, 4.69) is 22.2 Å². The highest BCUT2D eigenvalue weighted by molar-refractivity contribution is 5.47. The predicted octanol–water partition coefficient (Wildman–Crippen LogP) is 0.202. The van der Waals surface area contributed by atoms with E-state index in [1.807, 2.05) is 6.41 Å². The third-order valence-electron chi connectivity index (χ3n) is 4.01. The molecule has 1 aliphatic heterocycles. The van der Waals surface area contributed by atoms with Gasteiger partial charge in [0.2, 0.25) is 0 Å². The van der Waals surface area contributed by atoms with E-state index in [-0.39, 0.29) is 0 Å². The first-order chi connectivity index (χ1) is 7.79. The number of nitrogens with zero attached hydrogens (tertiary/aromatic N) is 2. The highest BCUT2D eigenvalue weighted by Gasteiger charge is 2.27. The van der Waals surface area contributed by atoms with Crippen molar-refractivity contribution >= 4 is 6.41 Å². The third-order valence-corrected chi connectivity index (χ3v) is 4.01.